The van der Waals surface area contributed by atoms with Gasteiger partial charge in [-0.2, -0.15) is 30.7 Å². The van der Waals surface area contributed by atoms with Crippen molar-refractivity contribution in [2.24, 2.45) is 0 Å². The third kappa shape index (κ3) is 9.21. The maximum absolute atomic E-state index is 12.7. The van der Waals surface area contributed by atoms with Gasteiger partial charge in [0.2, 0.25) is 0 Å². The molecule has 0 fully saturated rings. The van der Waals surface area contributed by atoms with E-state index in [4.69, 9.17) is 8.85 Å². The number of rotatable bonds is 9. The first-order valence-corrected chi connectivity index (χ1v) is 10.4. The number of hydrogen-bond acceptors (Lipinski definition) is 2. The van der Waals surface area contributed by atoms with Crippen LogP contribution in [0.15, 0.2) is 0 Å². The molecule has 0 heterocycles. The van der Waals surface area contributed by atoms with E-state index in [9.17, 15) is 30.7 Å². The van der Waals surface area contributed by atoms with Gasteiger partial charge in [-0.15, -0.1) is 0 Å². The standard InChI is InChI=1S/C10H15F7.C4H12O2Si/c1-2-3-4-5-6-7-8(11,12)9(13,14)10(15,16)17;1-5-7(3,4)6-2/h2-7H2,1H3;1-4H3. The van der Waals surface area contributed by atoms with E-state index in [1.165, 1.54) is 0 Å². The van der Waals surface area contributed by atoms with Gasteiger partial charge in [0, 0.05) is 20.6 Å². The van der Waals surface area contributed by atoms with Crippen molar-refractivity contribution in [2.45, 2.75) is 76.6 Å². The summed E-state index contributed by atoms with van der Waals surface area (Å²) in [5, 5.41) is 0. The number of halogens is 7. The van der Waals surface area contributed by atoms with Crippen molar-refractivity contribution < 1.29 is 39.6 Å². The molecule has 0 spiro atoms. The first-order chi connectivity index (χ1) is 10.7. The molecule has 0 aromatic rings. The average Bonchev–Trinajstić information content (AvgIpc) is 2.46. The zero-order chi connectivity index (χ0) is 19.7. The minimum absolute atomic E-state index is 0.233. The van der Waals surface area contributed by atoms with E-state index in [1.54, 1.807) is 14.2 Å². The van der Waals surface area contributed by atoms with Crippen LogP contribution in [0.1, 0.15) is 45.4 Å². The molecular weight excluding hydrogens is 361 g/mol. The first kappa shape index (κ1) is 25.9. The Hall–Kier alpha value is -0.353. The van der Waals surface area contributed by atoms with Gasteiger partial charge in [0.25, 0.3) is 0 Å². The van der Waals surface area contributed by atoms with Crippen LogP contribution in [-0.4, -0.2) is 40.8 Å². The monoisotopic (exact) mass is 388 g/mol. The normalized spacial score (nSPS) is 13.5. The Morgan fingerprint density at radius 1 is 0.750 bits per heavy atom. The van der Waals surface area contributed by atoms with Crippen molar-refractivity contribution in [3.63, 3.8) is 0 Å². The lowest BCUT2D eigenvalue weighted by molar-refractivity contribution is -0.355. The predicted molar refractivity (Wildman–Crippen MR) is 80.8 cm³/mol. The lowest BCUT2D eigenvalue weighted by atomic mass is 10.0. The first-order valence-electron chi connectivity index (χ1n) is 7.61. The van der Waals surface area contributed by atoms with E-state index in [-0.39, 0.29) is 12.8 Å². The summed E-state index contributed by atoms with van der Waals surface area (Å²) in [5.74, 6) is -11.0. The molecule has 0 aliphatic rings. The van der Waals surface area contributed by atoms with Gasteiger partial charge in [-0.05, 0) is 19.5 Å². The summed E-state index contributed by atoms with van der Waals surface area (Å²) in [6.45, 7) is 5.85. The summed E-state index contributed by atoms with van der Waals surface area (Å²) in [6.07, 6.45) is -5.61. The van der Waals surface area contributed by atoms with Crippen LogP contribution in [-0.2, 0) is 8.85 Å². The Balaban J connectivity index is 0. The van der Waals surface area contributed by atoms with Crippen LogP contribution in [0.5, 0.6) is 0 Å². The Morgan fingerprint density at radius 2 is 1.17 bits per heavy atom. The summed E-state index contributed by atoms with van der Waals surface area (Å²) < 4.78 is 95.5. The van der Waals surface area contributed by atoms with E-state index in [0.717, 1.165) is 12.8 Å². The second-order valence-corrected chi connectivity index (χ2v) is 9.37. The Kier molecular flexibility index (Phi) is 11.4. The van der Waals surface area contributed by atoms with Crippen molar-refractivity contribution in [1.82, 2.24) is 0 Å². The molecule has 0 unspecified atom stereocenters. The van der Waals surface area contributed by atoms with Gasteiger partial charge in [0.05, 0.1) is 0 Å². The van der Waals surface area contributed by atoms with Gasteiger partial charge in [-0.3, -0.25) is 0 Å². The molecule has 10 heteroatoms. The van der Waals surface area contributed by atoms with Gasteiger partial charge in [-0.25, -0.2) is 0 Å². The van der Waals surface area contributed by atoms with Crippen LogP contribution in [0.3, 0.4) is 0 Å². The van der Waals surface area contributed by atoms with E-state index in [1.807, 2.05) is 20.0 Å². The van der Waals surface area contributed by atoms with Crippen LogP contribution >= 0.6 is 0 Å². The van der Waals surface area contributed by atoms with Gasteiger partial charge < -0.3 is 8.85 Å². The maximum Gasteiger partial charge on any atom is 0.459 e. The summed E-state index contributed by atoms with van der Waals surface area (Å²) in [6, 6.07) is 0. The molecule has 0 radical (unpaired) electrons. The third-order valence-electron chi connectivity index (χ3n) is 3.39. The lowest BCUT2D eigenvalue weighted by Crippen LogP contribution is -2.51. The van der Waals surface area contributed by atoms with Crippen LogP contribution in [0, 0.1) is 0 Å². The largest absolute Gasteiger partial charge is 0.459 e. The molecule has 0 N–H and O–H groups in total. The number of alkyl halides is 7. The molecule has 0 atom stereocenters. The van der Waals surface area contributed by atoms with Gasteiger partial charge in [0.1, 0.15) is 0 Å². The van der Waals surface area contributed by atoms with Gasteiger partial charge in [0.15, 0.2) is 0 Å². The summed E-state index contributed by atoms with van der Waals surface area (Å²) in [5.41, 5.74) is 0. The second kappa shape index (κ2) is 10.6. The molecule has 0 aliphatic carbocycles. The third-order valence-corrected chi connectivity index (χ3v) is 5.36. The quantitative estimate of drug-likeness (QED) is 0.267. The highest BCUT2D eigenvalue weighted by Gasteiger charge is 2.72. The highest BCUT2D eigenvalue weighted by molar-refractivity contribution is 6.64. The molecule has 0 aromatic heterocycles. The van der Waals surface area contributed by atoms with Crippen LogP contribution in [0.4, 0.5) is 30.7 Å². The minimum atomic E-state index is -6.21. The molecule has 0 bridgehead atoms. The Labute approximate surface area is 140 Å². The zero-order valence-electron chi connectivity index (χ0n) is 14.7. The zero-order valence-corrected chi connectivity index (χ0v) is 15.7. The van der Waals surface area contributed by atoms with Crippen molar-refractivity contribution in [2.75, 3.05) is 14.2 Å². The molecule has 0 saturated carbocycles. The second-order valence-electron chi connectivity index (χ2n) is 5.75. The molecule has 0 rings (SSSR count). The SMILES string of the molecule is CCCCCCCC(F)(F)C(F)(F)C(F)(F)F.CO[Si](C)(C)OC. The van der Waals surface area contributed by atoms with Gasteiger partial charge in [-0.1, -0.05) is 32.6 Å². The van der Waals surface area contributed by atoms with Crippen LogP contribution < -0.4 is 0 Å². The highest BCUT2D eigenvalue weighted by atomic mass is 28.4. The minimum Gasteiger partial charge on any atom is -0.398 e. The number of unbranched alkanes of at least 4 members (excludes halogenated alkanes) is 4. The molecule has 0 aliphatic heterocycles. The van der Waals surface area contributed by atoms with E-state index >= 15 is 0 Å². The molecule has 24 heavy (non-hydrogen) atoms. The molecule has 148 valence electrons. The fourth-order valence-corrected chi connectivity index (χ4v) is 1.56. The fraction of sp³-hybridized carbons (Fsp3) is 1.00. The smallest absolute Gasteiger partial charge is 0.398 e. The number of hydrogen-bond donors (Lipinski definition) is 0. The molecular formula is C14H27F7O2Si. The van der Waals surface area contributed by atoms with E-state index in [0.29, 0.717) is 6.42 Å². The summed E-state index contributed by atoms with van der Waals surface area (Å²) in [4.78, 5) is 0. The maximum atomic E-state index is 12.7. The lowest BCUT2D eigenvalue weighted by Gasteiger charge is -2.28. The molecule has 2 nitrogen and oxygen atoms in total. The van der Waals surface area contributed by atoms with Crippen LogP contribution in [0.25, 0.3) is 0 Å². The summed E-state index contributed by atoms with van der Waals surface area (Å²) >= 11 is 0. The van der Waals surface area contributed by atoms with E-state index < -0.39 is 33.0 Å². The van der Waals surface area contributed by atoms with Crippen molar-refractivity contribution in [3.05, 3.63) is 0 Å². The van der Waals surface area contributed by atoms with Crippen molar-refractivity contribution >= 4 is 8.56 Å². The van der Waals surface area contributed by atoms with Crippen LogP contribution in [0.2, 0.25) is 13.1 Å². The average molecular weight is 388 g/mol. The molecule has 0 amide bonds. The van der Waals surface area contributed by atoms with E-state index in [2.05, 4.69) is 0 Å². The molecule has 0 aromatic carbocycles. The Morgan fingerprint density at radius 3 is 1.46 bits per heavy atom. The van der Waals surface area contributed by atoms with Crippen molar-refractivity contribution in [3.8, 4) is 0 Å². The predicted octanol–water partition coefficient (Wildman–Crippen LogP) is 6.16. The highest BCUT2D eigenvalue weighted by Crippen LogP contribution is 2.48. The fourth-order valence-electron chi connectivity index (χ4n) is 1.40. The molecule has 0 saturated heterocycles. The Bertz CT molecular complexity index is 328. The van der Waals surface area contributed by atoms with Gasteiger partial charge >= 0.3 is 26.6 Å². The summed E-state index contributed by atoms with van der Waals surface area (Å²) in [7, 11) is 1.70. The van der Waals surface area contributed by atoms with Crippen molar-refractivity contribution in [1.29, 1.82) is 0 Å². The topological polar surface area (TPSA) is 18.5 Å².